The molecule has 0 aliphatic rings. The average Bonchev–Trinajstić information content (AvgIpc) is 2.41. The number of esters is 1. The van der Waals surface area contributed by atoms with Gasteiger partial charge in [0.1, 0.15) is 5.75 Å². The van der Waals surface area contributed by atoms with Gasteiger partial charge in [0.2, 0.25) is 0 Å². The topological polar surface area (TPSA) is 43.4 Å². The van der Waals surface area contributed by atoms with E-state index in [1.54, 1.807) is 42.5 Å². The van der Waals surface area contributed by atoms with Crippen LogP contribution >= 0.6 is 23.2 Å². The quantitative estimate of drug-likeness (QED) is 0.486. The molecule has 0 radical (unpaired) electrons. The number of ether oxygens (including phenoxy) is 1. The monoisotopic (exact) mass is 308 g/mol. The molecule has 0 aromatic heterocycles. The Morgan fingerprint density at radius 2 is 1.65 bits per heavy atom. The van der Waals surface area contributed by atoms with E-state index in [0.29, 0.717) is 21.9 Å². The number of rotatable bonds is 3. The van der Waals surface area contributed by atoms with Gasteiger partial charge < -0.3 is 4.74 Å². The molecule has 0 amide bonds. The van der Waals surface area contributed by atoms with Crippen LogP contribution in [0.15, 0.2) is 42.5 Å². The highest BCUT2D eigenvalue weighted by atomic mass is 35.5. The second-order valence-electron chi connectivity index (χ2n) is 4.05. The fourth-order valence-corrected chi connectivity index (χ4v) is 2.06. The third kappa shape index (κ3) is 3.18. The number of ketones is 1. The third-order valence-electron chi connectivity index (χ3n) is 2.57. The van der Waals surface area contributed by atoms with Gasteiger partial charge in [-0.25, -0.2) is 0 Å². The second kappa shape index (κ2) is 6.07. The molecule has 0 spiro atoms. The summed E-state index contributed by atoms with van der Waals surface area (Å²) in [5.74, 6) is -0.278. The molecule has 2 aromatic rings. The van der Waals surface area contributed by atoms with Gasteiger partial charge in [-0.15, -0.1) is 0 Å². The van der Waals surface area contributed by atoms with Crippen molar-refractivity contribution in [3.63, 3.8) is 0 Å². The number of benzene rings is 2. The van der Waals surface area contributed by atoms with Crippen LogP contribution in [0.4, 0.5) is 0 Å². The molecule has 0 aliphatic carbocycles. The van der Waals surface area contributed by atoms with Crippen molar-refractivity contribution in [1.82, 2.24) is 0 Å². The van der Waals surface area contributed by atoms with Crippen molar-refractivity contribution < 1.29 is 14.3 Å². The Labute approximate surface area is 126 Å². The van der Waals surface area contributed by atoms with Crippen LogP contribution in [-0.4, -0.2) is 11.8 Å². The van der Waals surface area contributed by atoms with Gasteiger partial charge >= 0.3 is 5.97 Å². The molecule has 0 unspecified atom stereocenters. The number of carbonyl (C=O) groups excluding carboxylic acids is 2. The summed E-state index contributed by atoms with van der Waals surface area (Å²) >= 11 is 11.9. The maximum Gasteiger partial charge on any atom is 0.308 e. The van der Waals surface area contributed by atoms with Gasteiger partial charge in [-0.05, 0) is 36.4 Å². The molecule has 0 heterocycles. The van der Waals surface area contributed by atoms with Gasteiger partial charge in [0, 0.05) is 18.1 Å². The highest BCUT2D eigenvalue weighted by Crippen LogP contribution is 2.27. The second-order valence-corrected chi connectivity index (χ2v) is 4.83. The number of carbonyl (C=O) groups is 2. The largest absolute Gasteiger partial charge is 0.427 e. The molecular weight excluding hydrogens is 299 g/mol. The summed E-state index contributed by atoms with van der Waals surface area (Å²) in [6.07, 6.45) is 0. The van der Waals surface area contributed by atoms with Crippen molar-refractivity contribution in [3.8, 4) is 5.75 Å². The maximum atomic E-state index is 12.3. The standard InChI is InChI=1S/C15H10Cl2O3/c1-9(18)20-11-7-5-10(6-8-11)15(19)12-3-2-4-13(16)14(12)17/h2-8H,1H3. The molecule has 20 heavy (non-hydrogen) atoms. The van der Waals surface area contributed by atoms with E-state index in [9.17, 15) is 9.59 Å². The van der Waals surface area contributed by atoms with E-state index in [2.05, 4.69) is 0 Å². The van der Waals surface area contributed by atoms with Crippen molar-refractivity contribution in [2.45, 2.75) is 6.92 Å². The van der Waals surface area contributed by atoms with Crippen LogP contribution in [-0.2, 0) is 4.79 Å². The van der Waals surface area contributed by atoms with Crippen LogP contribution in [0.3, 0.4) is 0 Å². The fourth-order valence-electron chi connectivity index (χ4n) is 1.67. The molecule has 5 heteroatoms. The lowest BCUT2D eigenvalue weighted by Crippen LogP contribution is -2.04. The Hall–Kier alpha value is -1.84. The Morgan fingerprint density at radius 1 is 1.00 bits per heavy atom. The lowest BCUT2D eigenvalue weighted by Gasteiger charge is -2.06. The smallest absolute Gasteiger partial charge is 0.308 e. The van der Waals surface area contributed by atoms with Gasteiger partial charge in [0.15, 0.2) is 5.78 Å². The average molecular weight is 309 g/mol. The number of hydrogen-bond donors (Lipinski definition) is 0. The Bertz CT molecular complexity index is 663. The highest BCUT2D eigenvalue weighted by Gasteiger charge is 2.14. The molecular formula is C15H10Cl2O3. The molecule has 0 saturated heterocycles. The zero-order valence-corrected chi connectivity index (χ0v) is 12.0. The van der Waals surface area contributed by atoms with E-state index < -0.39 is 5.97 Å². The van der Waals surface area contributed by atoms with Crippen molar-refractivity contribution >= 4 is 35.0 Å². The highest BCUT2D eigenvalue weighted by molar-refractivity contribution is 6.44. The van der Waals surface area contributed by atoms with Gasteiger partial charge in [0.05, 0.1) is 10.0 Å². The van der Waals surface area contributed by atoms with Crippen LogP contribution in [0.25, 0.3) is 0 Å². The van der Waals surface area contributed by atoms with Gasteiger partial charge in [0.25, 0.3) is 0 Å². The van der Waals surface area contributed by atoms with Crippen molar-refractivity contribution in [1.29, 1.82) is 0 Å². The Morgan fingerprint density at radius 3 is 2.25 bits per heavy atom. The molecule has 0 bridgehead atoms. The molecule has 2 rings (SSSR count). The summed E-state index contributed by atoms with van der Waals surface area (Å²) in [7, 11) is 0. The Balaban J connectivity index is 2.29. The lowest BCUT2D eigenvalue weighted by atomic mass is 10.0. The predicted octanol–water partition coefficient (Wildman–Crippen LogP) is 4.15. The van der Waals surface area contributed by atoms with Crippen molar-refractivity contribution in [2.75, 3.05) is 0 Å². The zero-order valence-electron chi connectivity index (χ0n) is 10.5. The summed E-state index contributed by atoms with van der Waals surface area (Å²) < 4.78 is 4.90. The summed E-state index contributed by atoms with van der Waals surface area (Å²) in [6.45, 7) is 1.31. The third-order valence-corrected chi connectivity index (χ3v) is 3.39. The molecule has 0 aliphatic heterocycles. The van der Waals surface area contributed by atoms with E-state index in [1.165, 1.54) is 6.92 Å². The van der Waals surface area contributed by atoms with E-state index in [1.807, 2.05) is 0 Å². The fraction of sp³-hybridized carbons (Fsp3) is 0.0667. The molecule has 3 nitrogen and oxygen atoms in total. The maximum absolute atomic E-state index is 12.3. The summed E-state index contributed by atoms with van der Waals surface area (Å²) in [4.78, 5) is 23.1. The van der Waals surface area contributed by atoms with Crippen LogP contribution in [0.2, 0.25) is 10.0 Å². The van der Waals surface area contributed by atoms with Gasteiger partial charge in [-0.2, -0.15) is 0 Å². The lowest BCUT2D eigenvalue weighted by molar-refractivity contribution is -0.131. The first-order valence-electron chi connectivity index (χ1n) is 5.76. The molecule has 0 saturated carbocycles. The molecule has 0 atom stereocenters. The van der Waals surface area contributed by atoms with Crippen LogP contribution in [0.5, 0.6) is 5.75 Å². The van der Waals surface area contributed by atoms with Crippen LogP contribution in [0.1, 0.15) is 22.8 Å². The SMILES string of the molecule is CC(=O)Oc1ccc(C(=O)c2cccc(Cl)c2Cl)cc1. The van der Waals surface area contributed by atoms with Gasteiger partial charge in [-0.1, -0.05) is 29.3 Å². The number of hydrogen-bond acceptors (Lipinski definition) is 3. The van der Waals surface area contributed by atoms with E-state index in [0.717, 1.165) is 0 Å². The summed E-state index contributed by atoms with van der Waals surface area (Å²) in [5.41, 5.74) is 0.768. The number of halogens is 2. The van der Waals surface area contributed by atoms with E-state index in [-0.39, 0.29) is 10.8 Å². The van der Waals surface area contributed by atoms with Gasteiger partial charge in [-0.3, -0.25) is 9.59 Å². The molecule has 0 fully saturated rings. The zero-order chi connectivity index (χ0) is 14.7. The van der Waals surface area contributed by atoms with Crippen molar-refractivity contribution in [3.05, 3.63) is 63.6 Å². The van der Waals surface area contributed by atoms with E-state index in [4.69, 9.17) is 27.9 Å². The van der Waals surface area contributed by atoms with E-state index >= 15 is 0 Å². The first-order chi connectivity index (χ1) is 9.49. The minimum Gasteiger partial charge on any atom is -0.427 e. The minimum atomic E-state index is -0.415. The van der Waals surface area contributed by atoms with Crippen molar-refractivity contribution in [2.24, 2.45) is 0 Å². The summed E-state index contributed by atoms with van der Waals surface area (Å²) in [5, 5.41) is 0.553. The predicted molar refractivity (Wildman–Crippen MR) is 77.6 cm³/mol. The Kier molecular flexibility index (Phi) is 4.42. The molecule has 102 valence electrons. The molecule has 2 aromatic carbocycles. The van der Waals surface area contributed by atoms with Crippen LogP contribution < -0.4 is 4.74 Å². The van der Waals surface area contributed by atoms with Crippen LogP contribution in [0, 0.1) is 0 Å². The summed E-state index contributed by atoms with van der Waals surface area (Å²) in [6, 6.07) is 11.1. The first-order valence-corrected chi connectivity index (χ1v) is 6.52. The minimum absolute atomic E-state index is 0.225. The normalized spacial score (nSPS) is 10.2. The first kappa shape index (κ1) is 14.6. The molecule has 0 N–H and O–H groups in total.